The number of rotatable bonds is 4. The van der Waals surface area contributed by atoms with E-state index in [9.17, 15) is 4.79 Å². The normalized spacial score (nSPS) is 17.6. The highest BCUT2D eigenvalue weighted by atomic mass is 16.1. The van der Waals surface area contributed by atoms with E-state index < -0.39 is 0 Å². The molecular formula is C18H20N2O. The summed E-state index contributed by atoms with van der Waals surface area (Å²) in [6.07, 6.45) is 2.82. The minimum atomic E-state index is 0.0851. The van der Waals surface area contributed by atoms with Crippen LogP contribution in [-0.4, -0.2) is 18.5 Å². The topological polar surface area (TPSA) is 41.1 Å². The fraction of sp³-hybridized carbons (Fsp3) is 0.278. The molecule has 0 bridgehead atoms. The second-order valence-electron chi connectivity index (χ2n) is 5.49. The Labute approximate surface area is 125 Å². The van der Waals surface area contributed by atoms with Crippen LogP contribution < -0.4 is 10.6 Å². The average Bonchev–Trinajstić information content (AvgIpc) is 3.02. The predicted molar refractivity (Wildman–Crippen MR) is 86.1 cm³/mol. The zero-order valence-corrected chi connectivity index (χ0v) is 12.0. The molecule has 2 N–H and O–H groups in total. The molecular weight excluding hydrogens is 260 g/mol. The third-order valence-electron chi connectivity index (χ3n) is 3.87. The van der Waals surface area contributed by atoms with Crippen LogP contribution in [0.2, 0.25) is 0 Å². The van der Waals surface area contributed by atoms with Crippen LogP contribution in [0.4, 0.5) is 5.69 Å². The van der Waals surface area contributed by atoms with Gasteiger partial charge in [0.05, 0.1) is 0 Å². The van der Waals surface area contributed by atoms with E-state index in [0.29, 0.717) is 12.5 Å². The maximum absolute atomic E-state index is 12.0. The zero-order chi connectivity index (χ0) is 14.5. The molecule has 1 atom stereocenters. The van der Waals surface area contributed by atoms with Gasteiger partial charge >= 0.3 is 0 Å². The van der Waals surface area contributed by atoms with Crippen molar-refractivity contribution in [2.45, 2.75) is 25.3 Å². The van der Waals surface area contributed by atoms with Crippen molar-refractivity contribution in [1.82, 2.24) is 5.32 Å². The molecule has 0 aliphatic carbocycles. The Hall–Kier alpha value is -2.13. The van der Waals surface area contributed by atoms with E-state index >= 15 is 0 Å². The molecule has 0 saturated carbocycles. The van der Waals surface area contributed by atoms with Crippen LogP contribution in [-0.2, 0) is 4.79 Å². The maximum Gasteiger partial charge on any atom is 0.225 e. The number of hydrogen-bond acceptors (Lipinski definition) is 2. The highest BCUT2D eigenvalue weighted by molar-refractivity contribution is 5.91. The molecule has 3 heteroatoms. The van der Waals surface area contributed by atoms with E-state index in [1.807, 2.05) is 42.5 Å². The largest absolute Gasteiger partial charge is 0.326 e. The van der Waals surface area contributed by atoms with E-state index in [4.69, 9.17) is 0 Å². The minimum Gasteiger partial charge on any atom is -0.326 e. The van der Waals surface area contributed by atoms with Gasteiger partial charge in [-0.05, 0) is 42.6 Å². The van der Waals surface area contributed by atoms with E-state index in [-0.39, 0.29) is 5.91 Å². The summed E-state index contributed by atoms with van der Waals surface area (Å²) in [6, 6.07) is 18.6. The van der Waals surface area contributed by atoms with E-state index in [1.54, 1.807) is 0 Å². The SMILES string of the molecule is O=C(CC1CCCN1)Nc1ccc(-c2ccccc2)cc1. The van der Waals surface area contributed by atoms with Gasteiger partial charge in [-0.3, -0.25) is 4.79 Å². The molecule has 21 heavy (non-hydrogen) atoms. The summed E-state index contributed by atoms with van der Waals surface area (Å²) in [5.41, 5.74) is 3.20. The summed E-state index contributed by atoms with van der Waals surface area (Å²) in [6.45, 7) is 1.03. The van der Waals surface area contributed by atoms with Gasteiger partial charge < -0.3 is 10.6 Å². The highest BCUT2D eigenvalue weighted by Crippen LogP contribution is 2.21. The van der Waals surface area contributed by atoms with Crippen molar-refractivity contribution >= 4 is 11.6 Å². The summed E-state index contributed by atoms with van der Waals surface area (Å²) in [5.74, 6) is 0.0851. The molecule has 1 aliphatic rings. The van der Waals surface area contributed by atoms with Crippen LogP contribution in [0.3, 0.4) is 0 Å². The average molecular weight is 280 g/mol. The van der Waals surface area contributed by atoms with Crippen molar-refractivity contribution in [2.75, 3.05) is 11.9 Å². The first-order valence-corrected chi connectivity index (χ1v) is 7.50. The fourth-order valence-corrected chi connectivity index (χ4v) is 2.74. The number of nitrogens with one attached hydrogen (secondary N) is 2. The number of amides is 1. The summed E-state index contributed by atoms with van der Waals surface area (Å²) >= 11 is 0. The van der Waals surface area contributed by atoms with E-state index in [1.165, 1.54) is 12.0 Å². The van der Waals surface area contributed by atoms with Gasteiger partial charge in [0.1, 0.15) is 0 Å². The summed E-state index contributed by atoms with van der Waals surface area (Å²) in [5, 5.41) is 6.31. The second kappa shape index (κ2) is 6.55. The van der Waals surface area contributed by atoms with Gasteiger partial charge in [-0.25, -0.2) is 0 Å². The first-order valence-electron chi connectivity index (χ1n) is 7.50. The molecule has 2 aromatic carbocycles. The van der Waals surface area contributed by atoms with Crippen molar-refractivity contribution in [3.63, 3.8) is 0 Å². The molecule has 0 aromatic heterocycles. The molecule has 1 heterocycles. The Balaban J connectivity index is 1.60. The zero-order valence-electron chi connectivity index (χ0n) is 12.0. The molecule has 0 spiro atoms. The molecule has 1 saturated heterocycles. The van der Waals surface area contributed by atoms with Gasteiger partial charge in [0, 0.05) is 18.2 Å². The third-order valence-corrected chi connectivity index (χ3v) is 3.87. The predicted octanol–water partition coefficient (Wildman–Crippen LogP) is 3.43. The molecule has 1 unspecified atom stereocenters. The molecule has 1 amide bonds. The van der Waals surface area contributed by atoms with Crippen LogP contribution in [0.25, 0.3) is 11.1 Å². The lowest BCUT2D eigenvalue weighted by Crippen LogP contribution is -2.27. The first-order chi connectivity index (χ1) is 10.3. The van der Waals surface area contributed by atoms with Crippen LogP contribution in [0.1, 0.15) is 19.3 Å². The Bertz CT molecular complexity index is 586. The summed E-state index contributed by atoms with van der Waals surface area (Å²) in [7, 11) is 0. The van der Waals surface area contributed by atoms with Crippen molar-refractivity contribution in [2.24, 2.45) is 0 Å². The number of carbonyl (C=O) groups is 1. The van der Waals surface area contributed by atoms with Crippen molar-refractivity contribution < 1.29 is 4.79 Å². The Morgan fingerprint density at radius 2 is 1.76 bits per heavy atom. The molecule has 3 nitrogen and oxygen atoms in total. The number of benzene rings is 2. The lowest BCUT2D eigenvalue weighted by molar-refractivity contribution is -0.116. The van der Waals surface area contributed by atoms with Gasteiger partial charge in [-0.1, -0.05) is 42.5 Å². The number of carbonyl (C=O) groups excluding carboxylic acids is 1. The van der Waals surface area contributed by atoms with Crippen LogP contribution in [0, 0.1) is 0 Å². The van der Waals surface area contributed by atoms with Gasteiger partial charge in [0.15, 0.2) is 0 Å². The van der Waals surface area contributed by atoms with Crippen molar-refractivity contribution in [3.8, 4) is 11.1 Å². The molecule has 108 valence electrons. The molecule has 1 fully saturated rings. The molecule has 3 rings (SSSR count). The van der Waals surface area contributed by atoms with Crippen molar-refractivity contribution in [3.05, 3.63) is 54.6 Å². The van der Waals surface area contributed by atoms with Crippen molar-refractivity contribution in [1.29, 1.82) is 0 Å². The lowest BCUT2D eigenvalue weighted by atomic mass is 10.1. The highest BCUT2D eigenvalue weighted by Gasteiger charge is 2.17. The smallest absolute Gasteiger partial charge is 0.225 e. The Morgan fingerprint density at radius 1 is 1.05 bits per heavy atom. The Kier molecular flexibility index (Phi) is 4.31. The minimum absolute atomic E-state index is 0.0851. The molecule has 2 aromatic rings. The number of hydrogen-bond donors (Lipinski definition) is 2. The van der Waals surface area contributed by atoms with Gasteiger partial charge in [0.25, 0.3) is 0 Å². The van der Waals surface area contributed by atoms with Crippen LogP contribution in [0.5, 0.6) is 0 Å². The Morgan fingerprint density at radius 3 is 2.43 bits per heavy atom. The maximum atomic E-state index is 12.0. The second-order valence-corrected chi connectivity index (χ2v) is 5.49. The summed E-state index contributed by atoms with van der Waals surface area (Å²) < 4.78 is 0. The van der Waals surface area contributed by atoms with Gasteiger partial charge in [0.2, 0.25) is 5.91 Å². The van der Waals surface area contributed by atoms with Gasteiger partial charge in [-0.2, -0.15) is 0 Å². The third kappa shape index (κ3) is 3.70. The number of anilines is 1. The lowest BCUT2D eigenvalue weighted by Gasteiger charge is -2.11. The quantitative estimate of drug-likeness (QED) is 0.901. The molecule has 1 aliphatic heterocycles. The van der Waals surface area contributed by atoms with E-state index in [2.05, 4.69) is 22.8 Å². The summed E-state index contributed by atoms with van der Waals surface area (Å²) in [4.78, 5) is 12.0. The monoisotopic (exact) mass is 280 g/mol. The van der Waals surface area contributed by atoms with Crippen LogP contribution in [0.15, 0.2) is 54.6 Å². The standard InChI is InChI=1S/C18H20N2O/c21-18(13-17-7-4-12-19-17)20-16-10-8-15(9-11-16)14-5-2-1-3-6-14/h1-3,5-6,8-11,17,19H,4,7,12-13H2,(H,20,21). The van der Waals surface area contributed by atoms with Crippen LogP contribution >= 0.6 is 0 Å². The van der Waals surface area contributed by atoms with E-state index in [0.717, 1.165) is 24.2 Å². The molecule has 0 radical (unpaired) electrons. The fourth-order valence-electron chi connectivity index (χ4n) is 2.74. The van der Waals surface area contributed by atoms with Gasteiger partial charge in [-0.15, -0.1) is 0 Å². The first kappa shape index (κ1) is 13.8.